The van der Waals surface area contributed by atoms with E-state index in [1.54, 1.807) is 7.11 Å². The lowest BCUT2D eigenvalue weighted by molar-refractivity contribution is 0.254. The van der Waals surface area contributed by atoms with Crippen LogP contribution in [0, 0.1) is 0 Å². The number of rotatable bonds is 8. The van der Waals surface area contributed by atoms with Gasteiger partial charge in [-0.25, -0.2) is 0 Å². The van der Waals surface area contributed by atoms with E-state index in [2.05, 4.69) is 43.1 Å². The van der Waals surface area contributed by atoms with E-state index in [4.69, 9.17) is 9.47 Å². The Kier molecular flexibility index (Phi) is 5.88. The molecule has 0 aromatic heterocycles. The van der Waals surface area contributed by atoms with Crippen molar-refractivity contribution in [2.75, 3.05) is 33.3 Å². The molecule has 21 heavy (non-hydrogen) atoms. The minimum Gasteiger partial charge on any atom is -0.496 e. The van der Waals surface area contributed by atoms with Crippen LogP contribution in [0.5, 0.6) is 11.5 Å². The Morgan fingerprint density at radius 3 is 2.76 bits per heavy atom. The van der Waals surface area contributed by atoms with Crippen LogP contribution in [0.25, 0.3) is 0 Å². The lowest BCUT2D eigenvalue weighted by Crippen LogP contribution is -2.31. The maximum atomic E-state index is 5.83. The van der Waals surface area contributed by atoms with Gasteiger partial charge in [-0.3, -0.25) is 0 Å². The molecule has 0 amide bonds. The summed E-state index contributed by atoms with van der Waals surface area (Å²) in [4.78, 5) is 2.41. The first kappa shape index (κ1) is 16.1. The zero-order valence-corrected chi connectivity index (χ0v) is 13.7. The molecule has 2 rings (SSSR count). The topological polar surface area (TPSA) is 33.7 Å². The van der Waals surface area contributed by atoms with Crippen molar-refractivity contribution in [2.24, 2.45) is 0 Å². The molecular weight excluding hydrogens is 264 g/mol. The Labute approximate surface area is 128 Å². The van der Waals surface area contributed by atoms with Gasteiger partial charge in [0.15, 0.2) is 0 Å². The number of fused-ring (bicyclic) bond motifs is 1. The number of benzene rings is 1. The van der Waals surface area contributed by atoms with Gasteiger partial charge < -0.3 is 19.7 Å². The van der Waals surface area contributed by atoms with E-state index in [-0.39, 0.29) is 6.10 Å². The molecule has 1 aromatic rings. The predicted molar refractivity (Wildman–Crippen MR) is 86.3 cm³/mol. The van der Waals surface area contributed by atoms with Crippen LogP contribution >= 0.6 is 0 Å². The molecule has 0 spiro atoms. The molecule has 1 atom stereocenters. The highest BCUT2D eigenvalue weighted by atomic mass is 16.5. The van der Waals surface area contributed by atoms with E-state index >= 15 is 0 Å². The van der Waals surface area contributed by atoms with Crippen LogP contribution < -0.4 is 14.8 Å². The van der Waals surface area contributed by atoms with Gasteiger partial charge in [-0.2, -0.15) is 0 Å². The summed E-state index contributed by atoms with van der Waals surface area (Å²) in [7, 11) is 1.74. The molecule has 118 valence electrons. The third kappa shape index (κ3) is 4.11. The number of likely N-dealkylation sites (N-methyl/N-ethyl adjacent to an activating group) is 1. The molecule has 1 aliphatic heterocycles. The Balaban J connectivity index is 1.92. The van der Waals surface area contributed by atoms with Gasteiger partial charge >= 0.3 is 0 Å². The second-order valence-corrected chi connectivity index (χ2v) is 5.61. The molecule has 4 heteroatoms. The van der Waals surface area contributed by atoms with Crippen molar-refractivity contribution in [1.29, 1.82) is 0 Å². The van der Waals surface area contributed by atoms with Crippen LogP contribution in [0.2, 0.25) is 0 Å². The van der Waals surface area contributed by atoms with Crippen molar-refractivity contribution in [3.8, 4) is 11.5 Å². The van der Waals surface area contributed by atoms with Gasteiger partial charge in [0.1, 0.15) is 17.6 Å². The fraction of sp³-hybridized carbons (Fsp3) is 0.647. The summed E-state index contributed by atoms with van der Waals surface area (Å²) in [5, 5.41) is 3.50. The van der Waals surface area contributed by atoms with Gasteiger partial charge in [-0.05, 0) is 32.1 Å². The van der Waals surface area contributed by atoms with Gasteiger partial charge in [0.25, 0.3) is 0 Å². The van der Waals surface area contributed by atoms with E-state index < -0.39 is 0 Å². The van der Waals surface area contributed by atoms with Crippen LogP contribution in [-0.2, 0) is 13.0 Å². The normalized spacial score (nSPS) is 16.9. The van der Waals surface area contributed by atoms with E-state index in [1.807, 2.05) is 0 Å². The maximum Gasteiger partial charge on any atom is 0.123 e. The zero-order valence-electron chi connectivity index (χ0n) is 13.7. The number of nitrogens with zero attached hydrogens (tertiary/aromatic N) is 1. The molecule has 1 aromatic carbocycles. The lowest BCUT2D eigenvalue weighted by Gasteiger charge is -2.18. The number of ether oxygens (including phenoxy) is 2. The molecule has 0 bridgehead atoms. The number of hydrogen-bond acceptors (Lipinski definition) is 4. The minimum absolute atomic E-state index is 0.274. The molecule has 1 unspecified atom stereocenters. The van der Waals surface area contributed by atoms with Crippen molar-refractivity contribution in [3.05, 3.63) is 23.3 Å². The highest BCUT2D eigenvalue weighted by Crippen LogP contribution is 2.34. The highest BCUT2D eigenvalue weighted by molar-refractivity contribution is 5.48. The summed E-state index contributed by atoms with van der Waals surface area (Å²) < 4.78 is 11.4. The van der Waals surface area contributed by atoms with Crippen LogP contribution in [0.4, 0.5) is 0 Å². The summed E-state index contributed by atoms with van der Waals surface area (Å²) in [6.07, 6.45) is 1.25. The molecule has 0 saturated heterocycles. The average molecular weight is 292 g/mol. The fourth-order valence-electron chi connectivity index (χ4n) is 2.81. The SMILES string of the molecule is CCN(CC)CCNCc1cc2c(cc1OC)CC(C)O2. The quantitative estimate of drug-likeness (QED) is 0.746. The fourth-order valence-corrected chi connectivity index (χ4v) is 2.81. The molecule has 1 N–H and O–H groups in total. The molecule has 0 aliphatic carbocycles. The van der Waals surface area contributed by atoms with E-state index in [0.717, 1.165) is 50.6 Å². The molecule has 1 heterocycles. The Morgan fingerprint density at radius 2 is 2.10 bits per heavy atom. The van der Waals surface area contributed by atoms with Crippen LogP contribution in [-0.4, -0.2) is 44.3 Å². The highest BCUT2D eigenvalue weighted by Gasteiger charge is 2.21. The first-order valence-corrected chi connectivity index (χ1v) is 7.97. The van der Waals surface area contributed by atoms with Crippen molar-refractivity contribution in [2.45, 2.75) is 39.8 Å². The molecule has 4 nitrogen and oxygen atoms in total. The van der Waals surface area contributed by atoms with Gasteiger partial charge in [-0.1, -0.05) is 13.8 Å². The van der Waals surface area contributed by atoms with Crippen molar-refractivity contribution >= 4 is 0 Å². The molecule has 0 radical (unpaired) electrons. The maximum absolute atomic E-state index is 5.83. The van der Waals surface area contributed by atoms with E-state index in [0.29, 0.717) is 0 Å². The first-order chi connectivity index (χ1) is 10.2. The lowest BCUT2D eigenvalue weighted by atomic mass is 10.1. The summed E-state index contributed by atoms with van der Waals surface area (Å²) in [6.45, 7) is 11.6. The van der Waals surface area contributed by atoms with Gasteiger partial charge in [-0.15, -0.1) is 0 Å². The second-order valence-electron chi connectivity index (χ2n) is 5.61. The average Bonchev–Trinajstić information content (AvgIpc) is 2.85. The summed E-state index contributed by atoms with van der Waals surface area (Å²) >= 11 is 0. The summed E-state index contributed by atoms with van der Waals surface area (Å²) in [5.41, 5.74) is 2.43. The summed E-state index contributed by atoms with van der Waals surface area (Å²) in [5.74, 6) is 1.98. The molecule has 0 fully saturated rings. The van der Waals surface area contributed by atoms with Crippen LogP contribution in [0.3, 0.4) is 0 Å². The van der Waals surface area contributed by atoms with Crippen LogP contribution in [0.1, 0.15) is 31.9 Å². The van der Waals surface area contributed by atoms with Gasteiger partial charge in [0, 0.05) is 37.2 Å². The molecular formula is C17H28N2O2. The van der Waals surface area contributed by atoms with Gasteiger partial charge in [0.05, 0.1) is 7.11 Å². The minimum atomic E-state index is 0.274. The molecule has 0 saturated carbocycles. The van der Waals surface area contributed by atoms with Crippen molar-refractivity contribution in [3.63, 3.8) is 0 Å². The Hall–Kier alpha value is -1.26. The van der Waals surface area contributed by atoms with Crippen LogP contribution in [0.15, 0.2) is 12.1 Å². The largest absolute Gasteiger partial charge is 0.496 e. The number of nitrogens with one attached hydrogen (secondary N) is 1. The monoisotopic (exact) mass is 292 g/mol. The zero-order chi connectivity index (χ0) is 15.2. The number of hydrogen-bond donors (Lipinski definition) is 1. The number of methoxy groups -OCH3 is 1. The van der Waals surface area contributed by atoms with Crippen molar-refractivity contribution < 1.29 is 9.47 Å². The first-order valence-electron chi connectivity index (χ1n) is 7.97. The third-order valence-corrected chi connectivity index (χ3v) is 4.11. The second kappa shape index (κ2) is 7.66. The standard InChI is InChI=1S/C17H28N2O2/c1-5-19(6-2)8-7-18-12-15-11-17-14(9-13(3)21-17)10-16(15)20-4/h10-11,13,18H,5-9,12H2,1-4H3. The Morgan fingerprint density at radius 1 is 1.33 bits per heavy atom. The third-order valence-electron chi connectivity index (χ3n) is 4.11. The van der Waals surface area contributed by atoms with Crippen molar-refractivity contribution in [1.82, 2.24) is 10.2 Å². The van der Waals surface area contributed by atoms with E-state index in [1.165, 1.54) is 11.1 Å². The smallest absolute Gasteiger partial charge is 0.123 e. The summed E-state index contributed by atoms with van der Waals surface area (Å²) in [6, 6.07) is 4.25. The van der Waals surface area contributed by atoms with Gasteiger partial charge in [0.2, 0.25) is 0 Å². The molecule has 1 aliphatic rings. The van der Waals surface area contributed by atoms with E-state index in [9.17, 15) is 0 Å². The predicted octanol–water partition coefficient (Wildman–Crippen LogP) is 2.45. The Bertz CT molecular complexity index is 458.